The summed E-state index contributed by atoms with van der Waals surface area (Å²) in [5.41, 5.74) is 2.12. The molecule has 0 bridgehead atoms. The van der Waals surface area contributed by atoms with Crippen LogP contribution in [0.1, 0.15) is 28.4 Å². The summed E-state index contributed by atoms with van der Waals surface area (Å²) in [7, 11) is 1.42. The van der Waals surface area contributed by atoms with Crippen LogP contribution in [0.25, 0.3) is 0 Å². The number of methoxy groups -OCH3 is 1. The van der Waals surface area contributed by atoms with Gasteiger partial charge in [0.1, 0.15) is 5.75 Å². The lowest BCUT2D eigenvalue weighted by Gasteiger charge is -2.15. The molecule has 2 aromatic carbocycles. The quantitative estimate of drug-likeness (QED) is 0.456. The van der Waals surface area contributed by atoms with Gasteiger partial charge in [-0.1, -0.05) is 17.7 Å². The molecule has 0 radical (unpaired) electrons. The summed E-state index contributed by atoms with van der Waals surface area (Å²) in [6, 6.07) is 9.84. The van der Waals surface area contributed by atoms with Gasteiger partial charge in [0.15, 0.2) is 11.9 Å². The number of nitrogens with zero attached hydrogens (tertiary/aromatic N) is 1. The predicted molar refractivity (Wildman–Crippen MR) is 90.0 cm³/mol. The highest BCUT2D eigenvalue weighted by atomic mass is 16.6. The third-order valence-electron chi connectivity index (χ3n) is 3.69. The smallest absolute Gasteiger partial charge is 0.314 e. The van der Waals surface area contributed by atoms with Gasteiger partial charge in [0, 0.05) is 5.56 Å². The molecule has 0 heterocycles. The molecule has 0 spiro atoms. The second-order valence-electron chi connectivity index (χ2n) is 5.53. The van der Waals surface area contributed by atoms with Crippen LogP contribution in [0.4, 0.5) is 5.69 Å². The molecule has 0 fully saturated rings. The van der Waals surface area contributed by atoms with Gasteiger partial charge < -0.3 is 9.47 Å². The first-order valence-electron chi connectivity index (χ1n) is 7.44. The average molecular weight is 329 g/mol. The van der Waals surface area contributed by atoms with Gasteiger partial charge in [0.2, 0.25) is 5.78 Å². The summed E-state index contributed by atoms with van der Waals surface area (Å²) < 4.78 is 10.6. The maximum absolute atomic E-state index is 12.6. The summed E-state index contributed by atoms with van der Waals surface area (Å²) >= 11 is 0. The van der Waals surface area contributed by atoms with Crippen molar-refractivity contribution in [3.63, 3.8) is 0 Å². The number of benzene rings is 2. The molecule has 2 rings (SSSR count). The number of ketones is 1. The Morgan fingerprint density at radius 1 is 1.17 bits per heavy atom. The van der Waals surface area contributed by atoms with Gasteiger partial charge in [-0.15, -0.1) is 0 Å². The third-order valence-corrected chi connectivity index (χ3v) is 3.69. The van der Waals surface area contributed by atoms with Crippen LogP contribution < -0.4 is 9.47 Å². The Morgan fingerprint density at radius 3 is 2.50 bits per heavy atom. The van der Waals surface area contributed by atoms with Crippen LogP contribution in [0.5, 0.6) is 11.5 Å². The Bertz CT molecular complexity index is 785. The van der Waals surface area contributed by atoms with Crippen molar-refractivity contribution in [3.05, 3.63) is 63.2 Å². The van der Waals surface area contributed by atoms with Gasteiger partial charge in [-0.2, -0.15) is 0 Å². The number of aryl methyl sites for hydroxylation is 2. The van der Waals surface area contributed by atoms with E-state index in [-0.39, 0.29) is 17.2 Å². The number of hydrogen-bond acceptors (Lipinski definition) is 5. The van der Waals surface area contributed by atoms with Crippen molar-refractivity contribution in [2.24, 2.45) is 0 Å². The number of ether oxygens (including phenoxy) is 2. The van der Waals surface area contributed by atoms with E-state index >= 15 is 0 Å². The molecule has 2 aromatic rings. The lowest BCUT2D eigenvalue weighted by Crippen LogP contribution is -2.25. The number of nitro groups is 1. The van der Waals surface area contributed by atoms with E-state index in [1.165, 1.54) is 19.2 Å². The summed E-state index contributed by atoms with van der Waals surface area (Å²) in [6.07, 6.45) is -0.849. The number of carbonyl (C=O) groups is 1. The first kappa shape index (κ1) is 17.5. The first-order valence-corrected chi connectivity index (χ1v) is 7.44. The zero-order chi connectivity index (χ0) is 17.9. The fourth-order valence-corrected chi connectivity index (χ4v) is 2.33. The van der Waals surface area contributed by atoms with Crippen LogP contribution in [-0.2, 0) is 0 Å². The Kier molecular flexibility index (Phi) is 5.18. The van der Waals surface area contributed by atoms with Gasteiger partial charge in [0.05, 0.1) is 18.1 Å². The van der Waals surface area contributed by atoms with Crippen LogP contribution >= 0.6 is 0 Å². The Labute approximate surface area is 140 Å². The highest BCUT2D eigenvalue weighted by Crippen LogP contribution is 2.32. The molecule has 126 valence electrons. The highest BCUT2D eigenvalue weighted by Gasteiger charge is 2.23. The Morgan fingerprint density at radius 2 is 1.88 bits per heavy atom. The van der Waals surface area contributed by atoms with Gasteiger partial charge in [-0.05, 0) is 44.5 Å². The first-order chi connectivity index (χ1) is 11.3. The molecule has 6 heteroatoms. The minimum absolute atomic E-state index is 0.0342. The molecule has 0 saturated carbocycles. The highest BCUT2D eigenvalue weighted by molar-refractivity contribution is 6.00. The monoisotopic (exact) mass is 329 g/mol. The molecular weight excluding hydrogens is 310 g/mol. The molecule has 0 aliphatic heterocycles. The van der Waals surface area contributed by atoms with Crippen LogP contribution in [0.3, 0.4) is 0 Å². The molecule has 1 atom stereocenters. The number of Topliss-reactive ketones (excluding diaryl/α,β-unsaturated/α-hetero) is 1. The fourth-order valence-electron chi connectivity index (χ4n) is 2.33. The summed E-state index contributed by atoms with van der Waals surface area (Å²) in [5.74, 6) is 0.163. The predicted octanol–water partition coefficient (Wildman–Crippen LogP) is 3.87. The van der Waals surface area contributed by atoms with Crippen molar-refractivity contribution in [2.45, 2.75) is 26.9 Å². The van der Waals surface area contributed by atoms with Crippen molar-refractivity contribution in [3.8, 4) is 11.5 Å². The minimum atomic E-state index is -0.849. The topological polar surface area (TPSA) is 78.7 Å². The lowest BCUT2D eigenvalue weighted by molar-refractivity contribution is -0.386. The van der Waals surface area contributed by atoms with Gasteiger partial charge in [-0.3, -0.25) is 14.9 Å². The molecule has 0 amide bonds. The van der Waals surface area contributed by atoms with Crippen LogP contribution in [0, 0.1) is 24.0 Å². The second kappa shape index (κ2) is 7.12. The van der Waals surface area contributed by atoms with E-state index in [0.717, 1.165) is 11.1 Å². The van der Waals surface area contributed by atoms with Gasteiger partial charge in [-0.25, -0.2) is 0 Å². The van der Waals surface area contributed by atoms with Crippen LogP contribution in [0.15, 0.2) is 36.4 Å². The van der Waals surface area contributed by atoms with Gasteiger partial charge >= 0.3 is 5.69 Å². The van der Waals surface area contributed by atoms with Gasteiger partial charge in [0.25, 0.3) is 0 Å². The standard InChI is InChI=1S/C18H19NO5/c1-11-5-6-12(2)15(9-11)18(20)13(3)24-17-8-7-14(23-4)10-16(17)19(21)22/h5-10,13H,1-4H3. The van der Waals surface area contributed by atoms with E-state index in [9.17, 15) is 14.9 Å². The summed E-state index contributed by atoms with van der Waals surface area (Å²) in [4.78, 5) is 23.2. The summed E-state index contributed by atoms with van der Waals surface area (Å²) in [6.45, 7) is 5.32. The third kappa shape index (κ3) is 3.71. The normalized spacial score (nSPS) is 11.7. The van der Waals surface area contributed by atoms with Crippen molar-refractivity contribution >= 4 is 11.5 Å². The van der Waals surface area contributed by atoms with E-state index in [4.69, 9.17) is 9.47 Å². The Balaban J connectivity index is 2.29. The maximum atomic E-state index is 12.6. The lowest BCUT2D eigenvalue weighted by atomic mass is 9.99. The number of carbonyl (C=O) groups excluding carboxylic acids is 1. The molecule has 24 heavy (non-hydrogen) atoms. The van der Waals surface area contributed by atoms with Crippen molar-refractivity contribution in [1.29, 1.82) is 0 Å². The number of rotatable bonds is 6. The van der Waals surface area contributed by atoms with Crippen molar-refractivity contribution in [2.75, 3.05) is 7.11 Å². The molecule has 0 saturated heterocycles. The number of nitro benzene ring substituents is 1. The van der Waals surface area contributed by atoms with E-state index in [1.807, 2.05) is 26.0 Å². The molecule has 0 aromatic heterocycles. The summed E-state index contributed by atoms with van der Waals surface area (Å²) in [5, 5.41) is 11.2. The zero-order valence-corrected chi connectivity index (χ0v) is 14.0. The maximum Gasteiger partial charge on any atom is 0.314 e. The van der Waals surface area contributed by atoms with E-state index in [1.54, 1.807) is 19.1 Å². The SMILES string of the molecule is COc1ccc(OC(C)C(=O)c2cc(C)ccc2C)c([N+](=O)[O-])c1. The molecule has 1 unspecified atom stereocenters. The van der Waals surface area contributed by atoms with Crippen molar-refractivity contribution < 1.29 is 19.2 Å². The fraction of sp³-hybridized carbons (Fsp3) is 0.278. The zero-order valence-electron chi connectivity index (χ0n) is 14.0. The van der Waals surface area contributed by atoms with E-state index in [2.05, 4.69) is 0 Å². The van der Waals surface area contributed by atoms with Crippen LogP contribution in [-0.4, -0.2) is 23.9 Å². The largest absolute Gasteiger partial charge is 0.496 e. The molecule has 0 aliphatic carbocycles. The molecule has 0 aliphatic rings. The second-order valence-corrected chi connectivity index (χ2v) is 5.53. The molecule has 0 N–H and O–H groups in total. The Hall–Kier alpha value is -2.89. The molecular formula is C18H19NO5. The average Bonchev–Trinajstić information content (AvgIpc) is 2.56. The van der Waals surface area contributed by atoms with Crippen molar-refractivity contribution in [1.82, 2.24) is 0 Å². The molecule has 6 nitrogen and oxygen atoms in total. The number of hydrogen-bond donors (Lipinski definition) is 0. The van der Waals surface area contributed by atoms with Crippen LogP contribution in [0.2, 0.25) is 0 Å². The van der Waals surface area contributed by atoms with E-state index < -0.39 is 11.0 Å². The van der Waals surface area contributed by atoms with E-state index in [0.29, 0.717) is 11.3 Å². The minimum Gasteiger partial charge on any atom is -0.496 e.